The summed E-state index contributed by atoms with van der Waals surface area (Å²) in [5.74, 6) is 1.70. The molecule has 0 amide bonds. The van der Waals surface area contributed by atoms with Crippen LogP contribution in [-0.4, -0.2) is 30.3 Å². The van der Waals surface area contributed by atoms with Gasteiger partial charge in [0, 0.05) is 24.4 Å². The smallest absolute Gasteiger partial charge is 0.142 e. The lowest BCUT2D eigenvalue weighted by molar-refractivity contribution is -0.135. The predicted molar refractivity (Wildman–Crippen MR) is 75.6 cm³/mol. The predicted octanol–water partition coefficient (Wildman–Crippen LogP) is 3.50. The molecule has 2 aliphatic rings. The van der Waals surface area contributed by atoms with E-state index in [0.717, 1.165) is 25.3 Å². The first-order valence-corrected chi connectivity index (χ1v) is 7.79. The quantitative estimate of drug-likeness (QED) is 0.765. The van der Waals surface area contributed by atoms with Crippen LogP contribution in [0, 0.1) is 17.3 Å². The van der Waals surface area contributed by atoms with E-state index in [9.17, 15) is 4.79 Å². The van der Waals surface area contributed by atoms with Gasteiger partial charge in [-0.2, -0.15) is 0 Å². The minimum atomic E-state index is -0.0666. The Morgan fingerprint density at radius 2 is 2.06 bits per heavy atom. The van der Waals surface area contributed by atoms with Crippen molar-refractivity contribution >= 4 is 5.78 Å². The molecular formula is C16H29NO. The van der Waals surface area contributed by atoms with Crippen LogP contribution in [0.2, 0.25) is 0 Å². The molecule has 1 aliphatic heterocycles. The van der Waals surface area contributed by atoms with Crippen LogP contribution in [0.4, 0.5) is 0 Å². The lowest BCUT2D eigenvalue weighted by Crippen LogP contribution is -2.44. The number of ketones is 1. The number of hydrogen-bond acceptors (Lipinski definition) is 2. The van der Waals surface area contributed by atoms with Crippen molar-refractivity contribution in [2.45, 2.75) is 59.3 Å². The Kier molecular flexibility index (Phi) is 4.47. The molecule has 2 atom stereocenters. The Balaban J connectivity index is 1.90. The summed E-state index contributed by atoms with van der Waals surface area (Å²) in [5, 5.41) is 0. The molecule has 0 aromatic heterocycles. The maximum atomic E-state index is 12.4. The van der Waals surface area contributed by atoms with E-state index in [-0.39, 0.29) is 5.41 Å². The third kappa shape index (κ3) is 3.14. The average Bonchev–Trinajstić information content (AvgIpc) is 2.35. The highest BCUT2D eigenvalue weighted by molar-refractivity contribution is 5.87. The largest absolute Gasteiger partial charge is 0.302 e. The summed E-state index contributed by atoms with van der Waals surface area (Å²) in [5.41, 5.74) is -0.0666. The van der Waals surface area contributed by atoms with Crippen LogP contribution in [-0.2, 0) is 4.79 Å². The second kappa shape index (κ2) is 5.73. The molecular weight excluding hydrogens is 222 g/mol. The number of Topliss-reactive ketones (excluding diaryl/α,β-unsaturated/α-hetero) is 1. The fraction of sp³-hybridized carbons (Fsp3) is 0.938. The molecule has 1 saturated heterocycles. The van der Waals surface area contributed by atoms with Crippen molar-refractivity contribution in [2.75, 3.05) is 19.6 Å². The molecule has 18 heavy (non-hydrogen) atoms. The molecule has 2 fully saturated rings. The molecule has 0 aromatic carbocycles. The van der Waals surface area contributed by atoms with Crippen LogP contribution in [0.3, 0.4) is 0 Å². The number of rotatable bonds is 3. The van der Waals surface area contributed by atoms with Crippen LogP contribution in [0.1, 0.15) is 59.3 Å². The van der Waals surface area contributed by atoms with Crippen LogP contribution >= 0.6 is 0 Å². The zero-order valence-corrected chi connectivity index (χ0v) is 12.4. The lowest BCUT2D eigenvalue weighted by atomic mass is 9.71. The highest BCUT2D eigenvalue weighted by Crippen LogP contribution is 2.36. The van der Waals surface area contributed by atoms with E-state index in [1.807, 2.05) is 0 Å². The molecule has 1 saturated carbocycles. The molecule has 1 heterocycles. The van der Waals surface area contributed by atoms with Gasteiger partial charge in [-0.15, -0.1) is 0 Å². The van der Waals surface area contributed by atoms with Gasteiger partial charge in [0.25, 0.3) is 0 Å². The molecule has 2 nitrogen and oxygen atoms in total. The van der Waals surface area contributed by atoms with E-state index in [1.54, 1.807) is 0 Å². The number of carbonyl (C=O) groups is 1. The molecule has 0 spiro atoms. The topological polar surface area (TPSA) is 20.3 Å². The number of hydrogen-bond donors (Lipinski definition) is 0. The van der Waals surface area contributed by atoms with E-state index in [0.29, 0.717) is 11.7 Å². The molecule has 0 aromatic rings. The molecule has 0 bridgehead atoms. The van der Waals surface area contributed by atoms with E-state index >= 15 is 0 Å². The maximum absolute atomic E-state index is 12.4. The molecule has 0 radical (unpaired) electrons. The SMILES string of the molecule is CCC1CCCN(CC2CCCC(C)(C)C2=O)C1. The number of piperidine rings is 1. The average molecular weight is 251 g/mol. The van der Waals surface area contributed by atoms with Gasteiger partial charge in [0.2, 0.25) is 0 Å². The molecule has 1 aliphatic carbocycles. The summed E-state index contributed by atoms with van der Waals surface area (Å²) in [6.07, 6.45) is 7.43. The van der Waals surface area contributed by atoms with Gasteiger partial charge in [-0.1, -0.05) is 33.6 Å². The van der Waals surface area contributed by atoms with Crippen molar-refractivity contribution in [1.82, 2.24) is 4.90 Å². The van der Waals surface area contributed by atoms with Crippen molar-refractivity contribution in [2.24, 2.45) is 17.3 Å². The Bertz CT molecular complexity index is 297. The fourth-order valence-corrected chi connectivity index (χ4v) is 3.73. The third-order valence-electron chi connectivity index (χ3n) is 5.05. The normalized spacial score (nSPS) is 33.6. The number of nitrogens with zero attached hydrogens (tertiary/aromatic N) is 1. The van der Waals surface area contributed by atoms with Gasteiger partial charge >= 0.3 is 0 Å². The van der Waals surface area contributed by atoms with Gasteiger partial charge < -0.3 is 4.90 Å². The first kappa shape index (κ1) is 14.0. The van der Waals surface area contributed by atoms with E-state index in [1.165, 1.54) is 38.8 Å². The second-order valence-electron chi connectivity index (χ2n) is 7.01. The summed E-state index contributed by atoms with van der Waals surface area (Å²) in [6, 6.07) is 0. The Morgan fingerprint density at radius 1 is 1.28 bits per heavy atom. The summed E-state index contributed by atoms with van der Waals surface area (Å²) in [7, 11) is 0. The molecule has 2 heteroatoms. The van der Waals surface area contributed by atoms with Gasteiger partial charge in [0.05, 0.1) is 0 Å². The number of likely N-dealkylation sites (tertiary alicyclic amines) is 1. The van der Waals surface area contributed by atoms with Crippen molar-refractivity contribution in [3.63, 3.8) is 0 Å². The molecule has 2 rings (SSSR count). The van der Waals surface area contributed by atoms with Crippen LogP contribution < -0.4 is 0 Å². The Labute approximate surface area is 112 Å². The summed E-state index contributed by atoms with van der Waals surface area (Å²) in [6.45, 7) is 10.0. The van der Waals surface area contributed by atoms with E-state index in [4.69, 9.17) is 0 Å². The Hall–Kier alpha value is -0.370. The minimum Gasteiger partial charge on any atom is -0.302 e. The fourth-order valence-electron chi connectivity index (χ4n) is 3.73. The highest BCUT2D eigenvalue weighted by Gasteiger charge is 2.38. The maximum Gasteiger partial charge on any atom is 0.142 e. The van der Waals surface area contributed by atoms with Gasteiger partial charge in [0.1, 0.15) is 5.78 Å². The Morgan fingerprint density at radius 3 is 2.78 bits per heavy atom. The van der Waals surface area contributed by atoms with Crippen LogP contribution in [0.15, 0.2) is 0 Å². The van der Waals surface area contributed by atoms with Crippen LogP contribution in [0.5, 0.6) is 0 Å². The summed E-state index contributed by atoms with van der Waals surface area (Å²) in [4.78, 5) is 15.0. The van der Waals surface area contributed by atoms with Crippen molar-refractivity contribution < 1.29 is 4.79 Å². The summed E-state index contributed by atoms with van der Waals surface area (Å²) < 4.78 is 0. The standard InChI is InChI=1S/C16H29NO/c1-4-13-7-6-10-17(11-13)12-14-8-5-9-16(2,3)15(14)18/h13-14H,4-12H2,1-3H3. The first-order valence-electron chi connectivity index (χ1n) is 7.79. The third-order valence-corrected chi connectivity index (χ3v) is 5.05. The zero-order chi connectivity index (χ0) is 13.2. The monoisotopic (exact) mass is 251 g/mol. The van der Waals surface area contributed by atoms with E-state index < -0.39 is 0 Å². The first-order chi connectivity index (χ1) is 8.53. The van der Waals surface area contributed by atoms with Crippen molar-refractivity contribution in [1.29, 1.82) is 0 Å². The summed E-state index contributed by atoms with van der Waals surface area (Å²) >= 11 is 0. The lowest BCUT2D eigenvalue weighted by Gasteiger charge is -2.39. The zero-order valence-electron chi connectivity index (χ0n) is 12.4. The van der Waals surface area contributed by atoms with Gasteiger partial charge in [-0.05, 0) is 38.1 Å². The highest BCUT2D eigenvalue weighted by atomic mass is 16.1. The molecule has 2 unspecified atom stereocenters. The minimum absolute atomic E-state index is 0.0666. The second-order valence-corrected chi connectivity index (χ2v) is 7.01. The van der Waals surface area contributed by atoms with Gasteiger partial charge in [-0.3, -0.25) is 4.79 Å². The molecule has 104 valence electrons. The molecule has 0 N–H and O–H groups in total. The van der Waals surface area contributed by atoms with Crippen molar-refractivity contribution in [3.05, 3.63) is 0 Å². The number of carbonyl (C=O) groups excluding carboxylic acids is 1. The van der Waals surface area contributed by atoms with Gasteiger partial charge in [0.15, 0.2) is 0 Å². The van der Waals surface area contributed by atoms with Crippen molar-refractivity contribution in [3.8, 4) is 0 Å². The van der Waals surface area contributed by atoms with E-state index in [2.05, 4.69) is 25.7 Å². The van der Waals surface area contributed by atoms with Crippen LogP contribution in [0.25, 0.3) is 0 Å². The van der Waals surface area contributed by atoms with Gasteiger partial charge in [-0.25, -0.2) is 0 Å².